The number of thiazole rings is 1. The lowest BCUT2D eigenvalue weighted by Gasteiger charge is -1.98. The average molecular weight is 385 g/mol. The summed E-state index contributed by atoms with van der Waals surface area (Å²) in [6.07, 6.45) is 0. The first-order valence-electron chi connectivity index (χ1n) is 5.89. The highest BCUT2D eigenvalue weighted by Crippen LogP contribution is 2.28. The quantitative estimate of drug-likeness (QED) is 0.693. The van der Waals surface area contributed by atoms with Crippen LogP contribution < -0.4 is 5.32 Å². The number of benzene rings is 1. The number of carbonyl (C=O) groups is 1. The third-order valence-corrected chi connectivity index (χ3v) is 4.68. The van der Waals surface area contributed by atoms with E-state index in [-0.39, 0.29) is 11.7 Å². The number of nitrogens with zero attached hydrogens (tertiary/aromatic N) is 3. The van der Waals surface area contributed by atoms with Crippen molar-refractivity contribution in [1.82, 2.24) is 15.2 Å². The van der Waals surface area contributed by atoms with Gasteiger partial charge in [-0.25, -0.2) is 4.98 Å². The number of thioether (sulfide) groups is 1. The second kappa shape index (κ2) is 6.12. The molecule has 0 bridgehead atoms. The van der Waals surface area contributed by atoms with Crippen molar-refractivity contribution in [3.8, 4) is 0 Å². The minimum absolute atomic E-state index is 0.158. The number of hydrogen-bond donors (Lipinski definition) is 1. The van der Waals surface area contributed by atoms with Crippen LogP contribution in [0, 0.1) is 6.92 Å². The van der Waals surface area contributed by atoms with Crippen molar-refractivity contribution in [3.63, 3.8) is 0 Å². The van der Waals surface area contributed by atoms with Crippen LogP contribution in [-0.4, -0.2) is 26.8 Å². The summed E-state index contributed by atoms with van der Waals surface area (Å²) in [5.74, 6) is 0.518. The van der Waals surface area contributed by atoms with Crippen LogP contribution in [0.15, 0.2) is 32.3 Å². The highest BCUT2D eigenvalue weighted by Gasteiger charge is 2.11. The van der Waals surface area contributed by atoms with Crippen molar-refractivity contribution in [3.05, 3.63) is 28.6 Å². The van der Waals surface area contributed by atoms with Crippen LogP contribution >= 0.6 is 39.0 Å². The van der Waals surface area contributed by atoms with E-state index in [9.17, 15) is 4.79 Å². The molecule has 108 valence electrons. The van der Waals surface area contributed by atoms with E-state index < -0.39 is 0 Å². The molecule has 21 heavy (non-hydrogen) atoms. The van der Waals surface area contributed by atoms with Gasteiger partial charge in [0.25, 0.3) is 5.22 Å². The topological polar surface area (TPSA) is 80.9 Å². The molecule has 0 aliphatic rings. The summed E-state index contributed by atoms with van der Waals surface area (Å²) in [4.78, 5) is 16.2. The Labute approximate surface area is 136 Å². The van der Waals surface area contributed by atoms with E-state index in [4.69, 9.17) is 4.42 Å². The molecule has 3 aromatic rings. The molecule has 9 heteroatoms. The van der Waals surface area contributed by atoms with Crippen LogP contribution in [0.2, 0.25) is 0 Å². The Morgan fingerprint density at radius 2 is 2.33 bits per heavy atom. The summed E-state index contributed by atoms with van der Waals surface area (Å²) in [5, 5.41) is 11.3. The number of aromatic nitrogens is 3. The van der Waals surface area contributed by atoms with Crippen molar-refractivity contribution in [2.45, 2.75) is 12.1 Å². The van der Waals surface area contributed by atoms with Gasteiger partial charge in [-0.15, -0.1) is 10.2 Å². The molecule has 0 aliphatic carbocycles. The van der Waals surface area contributed by atoms with Gasteiger partial charge < -0.3 is 9.73 Å². The molecule has 2 heterocycles. The lowest BCUT2D eigenvalue weighted by atomic mass is 10.3. The van der Waals surface area contributed by atoms with Gasteiger partial charge in [0.1, 0.15) is 0 Å². The number of nitrogens with one attached hydrogen (secondary N) is 1. The monoisotopic (exact) mass is 384 g/mol. The molecule has 0 fully saturated rings. The Hall–Kier alpha value is -1.45. The van der Waals surface area contributed by atoms with Crippen LogP contribution in [0.1, 0.15) is 5.89 Å². The predicted octanol–water partition coefficient (Wildman–Crippen LogP) is 3.48. The van der Waals surface area contributed by atoms with Crippen molar-refractivity contribution in [1.29, 1.82) is 0 Å². The first kappa shape index (κ1) is 14.5. The van der Waals surface area contributed by atoms with Crippen LogP contribution in [0.25, 0.3) is 10.2 Å². The average Bonchev–Trinajstić information content (AvgIpc) is 3.01. The van der Waals surface area contributed by atoms with Crippen molar-refractivity contribution < 1.29 is 9.21 Å². The Balaban J connectivity index is 1.63. The molecule has 1 aromatic carbocycles. The normalized spacial score (nSPS) is 11.0. The van der Waals surface area contributed by atoms with Gasteiger partial charge in [-0.1, -0.05) is 39.0 Å². The SMILES string of the molecule is Cc1nnc(SCC(=O)Nc2nc3ccc(Br)cc3s2)o1. The summed E-state index contributed by atoms with van der Waals surface area (Å²) in [6, 6.07) is 5.79. The smallest absolute Gasteiger partial charge is 0.277 e. The lowest BCUT2D eigenvalue weighted by molar-refractivity contribution is -0.113. The number of aryl methyl sites for hydroxylation is 1. The molecule has 2 aromatic heterocycles. The second-order valence-electron chi connectivity index (χ2n) is 4.05. The molecule has 0 aliphatic heterocycles. The van der Waals surface area contributed by atoms with Gasteiger partial charge >= 0.3 is 0 Å². The maximum atomic E-state index is 11.9. The van der Waals surface area contributed by atoms with E-state index in [1.807, 2.05) is 18.2 Å². The van der Waals surface area contributed by atoms with E-state index in [2.05, 4.69) is 36.4 Å². The number of fused-ring (bicyclic) bond motifs is 1. The van der Waals surface area contributed by atoms with E-state index in [1.54, 1.807) is 6.92 Å². The van der Waals surface area contributed by atoms with E-state index >= 15 is 0 Å². The molecule has 0 saturated carbocycles. The van der Waals surface area contributed by atoms with Gasteiger partial charge in [-0.3, -0.25) is 4.79 Å². The van der Waals surface area contributed by atoms with Crippen LogP contribution in [-0.2, 0) is 4.79 Å². The number of rotatable bonds is 4. The Bertz CT molecular complexity index is 802. The third-order valence-electron chi connectivity index (χ3n) is 2.43. The van der Waals surface area contributed by atoms with Gasteiger partial charge in [-0.2, -0.15) is 0 Å². The minimum Gasteiger partial charge on any atom is -0.416 e. The number of hydrogen-bond acceptors (Lipinski definition) is 7. The zero-order valence-electron chi connectivity index (χ0n) is 10.8. The van der Waals surface area contributed by atoms with E-state index in [0.717, 1.165) is 14.7 Å². The zero-order valence-corrected chi connectivity index (χ0v) is 14.0. The Morgan fingerprint density at radius 3 is 3.10 bits per heavy atom. The number of anilines is 1. The third kappa shape index (κ3) is 3.60. The molecular weight excluding hydrogens is 376 g/mol. The van der Waals surface area contributed by atoms with Crippen LogP contribution in [0.3, 0.4) is 0 Å². The summed E-state index contributed by atoms with van der Waals surface area (Å²) < 4.78 is 7.19. The maximum Gasteiger partial charge on any atom is 0.277 e. The molecule has 1 amide bonds. The fourth-order valence-electron chi connectivity index (χ4n) is 1.57. The molecule has 0 spiro atoms. The Morgan fingerprint density at radius 1 is 1.48 bits per heavy atom. The predicted molar refractivity (Wildman–Crippen MR) is 85.7 cm³/mol. The molecule has 3 rings (SSSR count). The van der Waals surface area contributed by atoms with Gasteiger partial charge in [0.2, 0.25) is 11.8 Å². The van der Waals surface area contributed by atoms with Gasteiger partial charge in [-0.05, 0) is 18.2 Å². The highest BCUT2D eigenvalue weighted by molar-refractivity contribution is 9.10. The summed E-state index contributed by atoms with van der Waals surface area (Å²) >= 11 is 6.04. The molecule has 0 saturated heterocycles. The number of halogens is 1. The molecule has 1 N–H and O–H groups in total. The van der Waals surface area contributed by atoms with Crippen molar-refractivity contribution >= 4 is 60.3 Å². The molecule has 0 unspecified atom stereocenters. The molecule has 6 nitrogen and oxygen atoms in total. The number of carbonyl (C=O) groups excluding carboxylic acids is 1. The largest absolute Gasteiger partial charge is 0.416 e. The summed E-state index contributed by atoms with van der Waals surface area (Å²) in [5.41, 5.74) is 0.860. The lowest BCUT2D eigenvalue weighted by Crippen LogP contribution is -2.13. The van der Waals surface area contributed by atoms with Crippen molar-refractivity contribution in [2.24, 2.45) is 0 Å². The first-order valence-corrected chi connectivity index (χ1v) is 8.48. The summed E-state index contributed by atoms with van der Waals surface area (Å²) in [6.45, 7) is 1.70. The zero-order chi connectivity index (χ0) is 14.8. The molecule has 0 radical (unpaired) electrons. The van der Waals surface area contributed by atoms with Crippen LogP contribution in [0.5, 0.6) is 0 Å². The van der Waals surface area contributed by atoms with Crippen molar-refractivity contribution in [2.75, 3.05) is 11.1 Å². The van der Waals surface area contributed by atoms with E-state index in [0.29, 0.717) is 16.2 Å². The fraction of sp³-hybridized carbons (Fsp3) is 0.167. The maximum absolute atomic E-state index is 11.9. The van der Waals surface area contributed by atoms with Crippen LogP contribution in [0.4, 0.5) is 5.13 Å². The van der Waals surface area contributed by atoms with E-state index in [1.165, 1.54) is 23.1 Å². The summed E-state index contributed by atoms with van der Waals surface area (Å²) in [7, 11) is 0. The van der Waals surface area contributed by atoms with Gasteiger partial charge in [0.15, 0.2) is 5.13 Å². The minimum atomic E-state index is -0.158. The highest BCUT2D eigenvalue weighted by atomic mass is 79.9. The standard InChI is InChI=1S/C12H9BrN4O2S2/c1-6-16-17-12(19-6)20-5-10(18)15-11-14-8-3-2-7(13)4-9(8)21-11/h2-4H,5H2,1H3,(H,14,15,18). The Kier molecular flexibility index (Phi) is 4.22. The molecule has 0 atom stereocenters. The fourth-order valence-corrected chi connectivity index (χ4v) is 3.61. The van der Waals surface area contributed by atoms with Gasteiger partial charge in [0.05, 0.1) is 16.0 Å². The number of amides is 1. The van der Waals surface area contributed by atoms with Gasteiger partial charge in [0, 0.05) is 11.4 Å². The first-order chi connectivity index (χ1) is 10.1. The molecular formula is C12H9BrN4O2S2. The second-order valence-corrected chi connectivity index (χ2v) is 6.93.